The number of hydrogen-bond donors (Lipinski definition) is 1. The van der Waals surface area contributed by atoms with E-state index in [1.807, 2.05) is 55.5 Å². The normalized spacial score (nSPS) is 11.0. The van der Waals surface area contributed by atoms with Gasteiger partial charge in [-0.15, -0.1) is 5.10 Å². The SMILES string of the molecule is CCOc1cc(CNCCSc2nnnn2-c2ccccc2)cc(Br)c1OCc1ccc(Cl)cc1Cl. The van der Waals surface area contributed by atoms with Gasteiger partial charge in [0, 0.05) is 34.5 Å². The van der Waals surface area contributed by atoms with Gasteiger partial charge in [0.05, 0.1) is 16.8 Å². The van der Waals surface area contributed by atoms with Crippen molar-refractivity contribution in [2.45, 2.75) is 25.2 Å². The van der Waals surface area contributed by atoms with Crippen LogP contribution in [0.15, 0.2) is 70.3 Å². The van der Waals surface area contributed by atoms with Gasteiger partial charge in [-0.1, -0.05) is 59.2 Å². The number of halogens is 3. The molecule has 1 N–H and O–H groups in total. The van der Waals surface area contributed by atoms with Crippen LogP contribution in [0.5, 0.6) is 11.5 Å². The molecular formula is C25H24BrCl2N5O2S. The molecule has 4 rings (SSSR count). The van der Waals surface area contributed by atoms with Crippen LogP contribution in [0.25, 0.3) is 5.69 Å². The van der Waals surface area contributed by atoms with Crippen molar-refractivity contribution in [3.63, 3.8) is 0 Å². The Morgan fingerprint density at radius 1 is 1.06 bits per heavy atom. The molecule has 4 aromatic rings. The van der Waals surface area contributed by atoms with Crippen molar-refractivity contribution in [1.82, 2.24) is 25.5 Å². The Labute approximate surface area is 232 Å². The van der Waals surface area contributed by atoms with Gasteiger partial charge < -0.3 is 14.8 Å². The first kappa shape index (κ1) is 26.8. The molecule has 0 spiro atoms. The van der Waals surface area contributed by atoms with Crippen LogP contribution in [-0.4, -0.2) is 39.1 Å². The van der Waals surface area contributed by atoms with E-state index in [-0.39, 0.29) is 0 Å². The van der Waals surface area contributed by atoms with E-state index < -0.39 is 0 Å². The molecule has 188 valence electrons. The van der Waals surface area contributed by atoms with E-state index >= 15 is 0 Å². The van der Waals surface area contributed by atoms with Gasteiger partial charge in [0.15, 0.2) is 11.5 Å². The van der Waals surface area contributed by atoms with E-state index in [1.54, 1.807) is 28.6 Å². The Hall–Kier alpha value is -2.30. The third kappa shape index (κ3) is 7.14. The molecule has 0 atom stereocenters. The van der Waals surface area contributed by atoms with Crippen molar-refractivity contribution in [2.75, 3.05) is 18.9 Å². The summed E-state index contributed by atoms with van der Waals surface area (Å²) in [5, 5.41) is 17.4. The maximum absolute atomic E-state index is 6.29. The van der Waals surface area contributed by atoms with Crippen LogP contribution in [0.3, 0.4) is 0 Å². The quantitative estimate of drug-likeness (QED) is 0.144. The van der Waals surface area contributed by atoms with E-state index in [4.69, 9.17) is 32.7 Å². The van der Waals surface area contributed by atoms with E-state index in [1.165, 1.54) is 0 Å². The lowest BCUT2D eigenvalue weighted by Gasteiger charge is -2.16. The molecule has 3 aromatic carbocycles. The molecule has 36 heavy (non-hydrogen) atoms. The first-order valence-electron chi connectivity index (χ1n) is 11.2. The number of tetrazole rings is 1. The van der Waals surface area contributed by atoms with Gasteiger partial charge in [0.25, 0.3) is 0 Å². The highest BCUT2D eigenvalue weighted by Gasteiger charge is 2.14. The molecule has 0 aliphatic rings. The van der Waals surface area contributed by atoms with Gasteiger partial charge in [0.1, 0.15) is 6.61 Å². The smallest absolute Gasteiger partial charge is 0.214 e. The van der Waals surface area contributed by atoms with E-state index in [9.17, 15) is 0 Å². The number of benzene rings is 3. The van der Waals surface area contributed by atoms with Crippen molar-refractivity contribution in [3.05, 3.63) is 86.3 Å². The minimum atomic E-state index is 0.298. The van der Waals surface area contributed by atoms with Gasteiger partial charge >= 0.3 is 0 Å². The Morgan fingerprint density at radius 2 is 1.89 bits per heavy atom. The number of thioether (sulfide) groups is 1. The molecule has 0 bridgehead atoms. The van der Waals surface area contributed by atoms with Crippen molar-refractivity contribution >= 4 is 50.9 Å². The minimum Gasteiger partial charge on any atom is -0.490 e. The summed E-state index contributed by atoms with van der Waals surface area (Å²) in [5.41, 5.74) is 2.85. The highest BCUT2D eigenvalue weighted by molar-refractivity contribution is 9.10. The molecule has 0 saturated heterocycles. The van der Waals surface area contributed by atoms with Crippen molar-refractivity contribution in [1.29, 1.82) is 0 Å². The Balaban J connectivity index is 1.32. The van der Waals surface area contributed by atoms with Gasteiger partial charge in [-0.05, 0) is 75.2 Å². The predicted octanol–water partition coefficient (Wildman–Crippen LogP) is 6.59. The first-order chi connectivity index (χ1) is 17.5. The summed E-state index contributed by atoms with van der Waals surface area (Å²) in [7, 11) is 0. The summed E-state index contributed by atoms with van der Waals surface area (Å²) in [6, 6.07) is 19.2. The minimum absolute atomic E-state index is 0.298. The summed E-state index contributed by atoms with van der Waals surface area (Å²) in [5.74, 6) is 2.12. The lowest BCUT2D eigenvalue weighted by molar-refractivity contribution is 0.267. The number of ether oxygens (including phenoxy) is 2. The zero-order valence-electron chi connectivity index (χ0n) is 19.5. The zero-order valence-corrected chi connectivity index (χ0v) is 23.4. The molecule has 0 aliphatic carbocycles. The summed E-state index contributed by atoms with van der Waals surface area (Å²) in [6.45, 7) is 4.21. The molecule has 1 aromatic heterocycles. The maximum Gasteiger partial charge on any atom is 0.214 e. The predicted molar refractivity (Wildman–Crippen MR) is 148 cm³/mol. The summed E-state index contributed by atoms with van der Waals surface area (Å²) in [4.78, 5) is 0. The number of hydrogen-bond acceptors (Lipinski definition) is 7. The number of nitrogens with one attached hydrogen (secondary N) is 1. The fraction of sp³-hybridized carbons (Fsp3) is 0.240. The monoisotopic (exact) mass is 607 g/mol. The van der Waals surface area contributed by atoms with E-state index in [0.717, 1.165) is 38.7 Å². The lowest BCUT2D eigenvalue weighted by Crippen LogP contribution is -2.17. The van der Waals surface area contributed by atoms with Crippen LogP contribution in [0.2, 0.25) is 10.0 Å². The summed E-state index contributed by atoms with van der Waals surface area (Å²) in [6.07, 6.45) is 0. The van der Waals surface area contributed by atoms with Crippen LogP contribution < -0.4 is 14.8 Å². The first-order valence-corrected chi connectivity index (χ1v) is 13.8. The number of para-hydroxylation sites is 1. The Bertz CT molecular complexity index is 1290. The second kappa shape index (κ2) is 13.3. The average Bonchev–Trinajstić information content (AvgIpc) is 3.34. The maximum atomic E-state index is 6.29. The molecule has 0 amide bonds. The second-order valence-electron chi connectivity index (χ2n) is 7.60. The van der Waals surface area contributed by atoms with Gasteiger partial charge in [-0.3, -0.25) is 0 Å². The van der Waals surface area contributed by atoms with Crippen molar-refractivity contribution in [2.24, 2.45) is 0 Å². The fourth-order valence-corrected chi connectivity index (χ4v) is 5.22. The van der Waals surface area contributed by atoms with Gasteiger partial charge in [-0.25, -0.2) is 0 Å². The Morgan fingerprint density at radius 3 is 2.67 bits per heavy atom. The molecule has 0 unspecified atom stereocenters. The van der Waals surface area contributed by atoms with Gasteiger partial charge in [0.2, 0.25) is 5.16 Å². The second-order valence-corrected chi connectivity index (χ2v) is 10.4. The number of aromatic nitrogens is 4. The third-order valence-corrected chi connectivity index (χ3v) is 7.13. The largest absolute Gasteiger partial charge is 0.490 e. The van der Waals surface area contributed by atoms with Crippen LogP contribution in [0.1, 0.15) is 18.1 Å². The molecule has 0 saturated carbocycles. The molecule has 0 aliphatic heterocycles. The van der Waals surface area contributed by atoms with Crippen molar-refractivity contribution < 1.29 is 9.47 Å². The summed E-state index contributed by atoms with van der Waals surface area (Å²) >= 11 is 17.5. The van der Waals surface area contributed by atoms with Crippen LogP contribution in [-0.2, 0) is 13.2 Å². The fourth-order valence-electron chi connectivity index (χ4n) is 3.36. The average molecular weight is 609 g/mol. The number of nitrogens with zero attached hydrogens (tertiary/aromatic N) is 4. The molecule has 11 heteroatoms. The van der Waals surface area contributed by atoms with E-state index in [2.05, 4.69) is 36.8 Å². The lowest BCUT2D eigenvalue weighted by atomic mass is 10.2. The van der Waals surface area contributed by atoms with E-state index in [0.29, 0.717) is 41.3 Å². The third-order valence-electron chi connectivity index (χ3n) is 5.04. The molecule has 0 radical (unpaired) electrons. The van der Waals surface area contributed by atoms with Crippen LogP contribution >= 0.6 is 50.9 Å². The highest BCUT2D eigenvalue weighted by Crippen LogP contribution is 2.38. The van der Waals surface area contributed by atoms with Gasteiger partial charge in [-0.2, -0.15) is 4.68 Å². The topological polar surface area (TPSA) is 74.1 Å². The zero-order chi connectivity index (χ0) is 25.3. The Kier molecular flexibility index (Phi) is 9.89. The van der Waals surface area contributed by atoms with Crippen molar-refractivity contribution in [3.8, 4) is 17.2 Å². The highest BCUT2D eigenvalue weighted by atomic mass is 79.9. The molecule has 0 fully saturated rings. The molecule has 7 nitrogen and oxygen atoms in total. The van der Waals surface area contributed by atoms with Crippen LogP contribution in [0, 0.1) is 0 Å². The number of rotatable bonds is 12. The summed E-state index contributed by atoms with van der Waals surface area (Å²) < 4.78 is 14.5. The standard InChI is InChI=1S/C25H24BrCl2N5O2S/c1-2-34-23-13-17(12-21(26)24(23)35-16-18-8-9-19(27)14-22(18)28)15-29-10-11-36-25-30-31-32-33(25)20-6-4-3-5-7-20/h3-9,12-14,29H,2,10-11,15-16H2,1H3. The van der Waals surface area contributed by atoms with Crippen LogP contribution in [0.4, 0.5) is 0 Å². The molecular weight excluding hydrogens is 585 g/mol. The molecule has 1 heterocycles.